The van der Waals surface area contributed by atoms with Crippen LogP contribution in [0, 0.1) is 22.7 Å². The summed E-state index contributed by atoms with van der Waals surface area (Å²) in [6.45, 7) is 13.5. The molecule has 0 aliphatic heterocycles. The minimum absolute atomic E-state index is 0.216. The number of hydrogen-bond acceptors (Lipinski definition) is 4. The molecule has 7 aromatic carbocycles. The average molecular weight is 765 g/mol. The van der Waals surface area contributed by atoms with Crippen LogP contribution in [0.2, 0.25) is 0 Å². The molecule has 0 heterocycles. The van der Waals surface area contributed by atoms with Gasteiger partial charge in [0, 0.05) is 39.5 Å². The lowest BCUT2D eigenvalue weighted by molar-refractivity contribution is 0.660. The number of nitrogens with zero attached hydrogens (tertiary/aromatic N) is 4. The Morgan fingerprint density at radius 1 is 0.424 bits per heavy atom. The van der Waals surface area contributed by atoms with E-state index in [0.717, 1.165) is 45.3 Å². The largest absolute Gasteiger partial charge is 0.311 e. The molecule has 0 atom stereocenters. The summed E-state index contributed by atoms with van der Waals surface area (Å²) in [5.41, 5.74) is 17.4. The van der Waals surface area contributed by atoms with Gasteiger partial charge in [-0.2, -0.15) is 10.5 Å². The van der Waals surface area contributed by atoms with E-state index in [1.807, 2.05) is 48.5 Å². The van der Waals surface area contributed by atoms with Crippen LogP contribution in [0.4, 0.5) is 34.1 Å². The van der Waals surface area contributed by atoms with Gasteiger partial charge < -0.3 is 9.80 Å². The molecule has 1 aliphatic rings. The van der Waals surface area contributed by atoms with Crippen LogP contribution in [0.25, 0.3) is 23.3 Å². The zero-order valence-corrected chi connectivity index (χ0v) is 34.6. The lowest BCUT2D eigenvalue weighted by atomic mass is 9.81. The molecule has 0 fully saturated rings. The Hall–Kier alpha value is -7.14. The van der Waals surface area contributed by atoms with Crippen molar-refractivity contribution in [3.63, 3.8) is 0 Å². The lowest BCUT2D eigenvalue weighted by Gasteiger charge is -2.28. The maximum Gasteiger partial charge on any atom is 0.0991 e. The standard InChI is InChI=1S/C55H48N4/c1-37(2)43-16-26-48(27-17-43)58(46-22-11-41(35-56)12-23-46)45-20-9-39(10-21-45)7-8-40-15-31-51-52-32-30-50(34-54(52)55(5,6)53(51)33-40)59(47-24-13-42(36-57)14-25-47)49-28-18-44(19-29-49)38(3)4/h7-34,37-38H,1-6H3/b8-7+. The van der Waals surface area contributed by atoms with Crippen LogP contribution in [0.5, 0.6) is 0 Å². The van der Waals surface area contributed by atoms with Crippen LogP contribution in [-0.2, 0) is 5.41 Å². The number of fused-ring (bicyclic) bond motifs is 3. The van der Waals surface area contributed by atoms with Gasteiger partial charge >= 0.3 is 0 Å². The average Bonchev–Trinajstić information content (AvgIpc) is 3.49. The van der Waals surface area contributed by atoms with Crippen LogP contribution < -0.4 is 9.80 Å². The molecular weight excluding hydrogens is 717 g/mol. The van der Waals surface area contributed by atoms with Gasteiger partial charge in [0.15, 0.2) is 0 Å². The first-order valence-corrected chi connectivity index (χ1v) is 20.4. The zero-order chi connectivity index (χ0) is 41.3. The first-order valence-electron chi connectivity index (χ1n) is 20.4. The van der Waals surface area contributed by atoms with E-state index in [0.29, 0.717) is 23.0 Å². The fourth-order valence-corrected chi connectivity index (χ4v) is 8.19. The molecule has 4 nitrogen and oxygen atoms in total. The number of nitriles is 2. The van der Waals surface area contributed by atoms with Gasteiger partial charge in [0.05, 0.1) is 23.3 Å². The summed E-state index contributed by atoms with van der Waals surface area (Å²) in [5.74, 6) is 0.899. The van der Waals surface area contributed by atoms with Crippen molar-refractivity contribution in [2.24, 2.45) is 0 Å². The Morgan fingerprint density at radius 2 is 0.763 bits per heavy atom. The SMILES string of the molecule is CC(C)c1ccc(N(c2ccc(C#N)cc2)c2ccc(/C=C/c3ccc4c(c3)C(C)(C)c3cc(N(c5ccc(C#N)cc5)c5ccc(C(C)C)cc5)ccc3-4)cc2)cc1. The highest BCUT2D eigenvalue weighted by Gasteiger charge is 2.36. The number of benzene rings is 7. The predicted octanol–water partition coefficient (Wildman–Crippen LogP) is 15.1. The first kappa shape index (κ1) is 38.7. The van der Waals surface area contributed by atoms with Crippen molar-refractivity contribution in [3.8, 4) is 23.3 Å². The molecule has 4 heteroatoms. The first-order chi connectivity index (χ1) is 28.5. The monoisotopic (exact) mass is 764 g/mol. The second kappa shape index (κ2) is 16.0. The third kappa shape index (κ3) is 7.66. The second-order valence-electron chi connectivity index (χ2n) is 16.6. The third-order valence-electron chi connectivity index (χ3n) is 11.7. The molecule has 0 amide bonds. The topological polar surface area (TPSA) is 54.1 Å². The molecule has 7 aromatic rings. The fraction of sp³-hybridized carbons (Fsp3) is 0.164. The summed E-state index contributed by atoms with van der Waals surface area (Å²) in [6, 6.07) is 60.0. The normalized spacial score (nSPS) is 12.6. The highest BCUT2D eigenvalue weighted by atomic mass is 15.1. The van der Waals surface area contributed by atoms with E-state index in [-0.39, 0.29) is 5.41 Å². The minimum atomic E-state index is -0.216. The molecule has 0 N–H and O–H groups in total. The molecule has 0 aromatic heterocycles. The summed E-state index contributed by atoms with van der Waals surface area (Å²) in [6.07, 6.45) is 4.39. The van der Waals surface area contributed by atoms with Crippen molar-refractivity contribution >= 4 is 46.3 Å². The Kier molecular flexibility index (Phi) is 10.5. The number of hydrogen-bond donors (Lipinski definition) is 0. The van der Waals surface area contributed by atoms with Gasteiger partial charge in [0.2, 0.25) is 0 Å². The van der Waals surface area contributed by atoms with Crippen LogP contribution in [0.3, 0.4) is 0 Å². The van der Waals surface area contributed by atoms with Crippen molar-refractivity contribution in [2.75, 3.05) is 9.80 Å². The summed E-state index contributed by atoms with van der Waals surface area (Å²) >= 11 is 0. The molecule has 288 valence electrons. The van der Waals surface area contributed by atoms with Gasteiger partial charge in [-0.25, -0.2) is 0 Å². The van der Waals surface area contributed by atoms with Gasteiger partial charge in [-0.1, -0.05) is 114 Å². The fourth-order valence-electron chi connectivity index (χ4n) is 8.19. The highest BCUT2D eigenvalue weighted by Crippen LogP contribution is 2.51. The van der Waals surface area contributed by atoms with Crippen LogP contribution in [0.15, 0.2) is 158 Å². The zero-order valence-electron chi connectivity index (χ0n) is 34.6. The molecule has 0 radical (unpaired) electrons. The Labute approximate surface area is 349 Å². The van der Waals surface area contributed by atoms with Crippen molar-refractivity contribution < 1.29 is 0 Å². The summed E-state index contributed by atoms with van der Waals surface area (Å²) < 4.78 is 0. The Bertz CT molecular complexity index is 2720. The maximum atomic E-state index is 9.50. The molecule has 8 rings (SSSR count). The van der Waals surface area contributed by atoms with Crippen LogP contribution in [-0.4, -0.2) is 0 Å². The van der Waals surface area contributed by atoms with E-state index in [1.54, 1.807) is 0 Å². The van der Waals surface area contributed by atoms with Crippen molar-refractivity contribution in [1.82, 2.24) is 0 Å². The number of rotatable bonds is 10. The smallest absolute Gasteiger partial charge is 0.0991 e. The Balaban J connectivity index is 1.07. The second-order valence-corrected chi connectivity index (χ2v) is 16.6. The van der Waals surface area contributed by atoms with E-state index < -0.39 is 0 Å². The van der Waals surface area contributed by atoms with E-state index in [4.69, 9.17) is 0 Å². The predicted molar refractivity (Wildman–Crippen MR) is 246 cm³/mol. The van der Waals surface area contributed by atoms with Gasteiger partial charge in [-0.05, 0) is 153 Å². The van der Waals surface area contributed by atoms with E-state index in [9.17, 15) is 10.5 Å². The lowest BCUT2D eigenvalue weighted by Crippen LogP contribution is -2.16. The summed E-state index contributed by atoms with van der Waals surface area (Å²) in [4.78, 5) is 4.52. The molecule has 0 saturated heterocycles. The minimum Gasteiger partial charge on any atom is -0.311 e. The van der Waals surface area contributed by atoms with E-state index in [2.05, 4.69) is 185 Å². The Morgan fingerprint density at radius 3 is 1.20 bits per heavy atom. The molecule has 0 spiro atoms. The van der Waals surface area contributed by atoms with Gasteiger partial charge in [-0.15, -0.1) is 0 Å². The van der Waals surface area contributed by atoms with Gasteiger partial charge in [0.25, 0.3) is 0 Å². The van der Waals surface area contributed by atoms with Gasteiger partial charge in [-0.3, -0.25) is 0 Å². The quantitative estimate of drug-likeness (QED) is 0.130. The maximum absolute atomic E-state index is 9.50. The summed E-state index contributed by atoms with van der Waals surface area (Å²) in [5, 5.41) is 18.9. The van der Waals surface area contributed by atoms with Crippen LogP contribution in [0.1, 0.15) is 97.9 Å². The molecule has 0 saturated carbocycles. The van der Waals surface area contributed by atoms with E-state index in [1.165, 1.54) is 33.4 Å². The number of anilines is 6. The van der Waals surface area contributed by atoms with Crippen molar-refractivity contribution in [1.29, 1.82) is 10.5 Å². The third-order valence-corrected chi connectivity index (χ3v) is 11.7. The molecule has 59 heavy (non-hydrogen) atoms. The molecule has 1 aliphatic carbocycles. The molecular formula is C55H48N4. The van der Waals surface area contributed by atoms with Gasteiger partial charge in [0.1, 0.15) is 0 Å². The van der Waals surface area contributed by atoms with Crippen LogP contribution >= 0.6 is 0 Å². The molecule has 0 unspecified atom stereocenters. The highest BCUT2D eigenvalue weighted by molar-refractivity contribution is 5.87. The van der Waals surface area contributed by atoms with E-state index >= 15 is 0 Å². The van der Waals surface area contributed by atoms with Crippen molar-refractivity contribution in [3.05, 3.63) is 202 Å². The molecule has 0 bridgehead atoms. The summed E-state index contributed by atoms with van der Waals surface area (Å²) in [7, 11) is 0. The van der Waals surface area contributed by atoms with Crippen molar-refractivity contribution in [2.45, 2.75) is 58.8 Å².